The van der Waals surface area contributed by atoms with E-state index in [0.717, 1.165) is 45.9 Å². The monoisotopic (exact) mass is 355 g/mol. The molecule has 0 N–H and O–H groups in total. The predicted molar refractivity (Wildman–Crippen MR) is 109 cm³/mol. The molecule has 0 radical (unpaired) electrons. The van der Waals surface area contributed by atoms with Crippen molar-refractivity contribution in [1.29, 1.82) is 0 Å². The molecule has 0 fully saturated rings. The smallest absolute Gasteiger partial charge is 0.167 e. The molecule has 1 aliphatic rings. The van der Waals surface area contributed by atoms with Crippen molar-refractivity contribution in [3.63, 3.8) is 0 Å². The molecule has 134 valence electrons. The van der Waals surface area contributed by atoms with E-state index in [1.54, 1.807) is 6.20 Å². The van der Waals surface area contributed by atoms with Crippen LogP contribution in [-0.2, 0) is 12.8 Å². The van der Waals surface area contributed by atoms with Gasteiger partial charge in [0.25, 0.3) is 0 Å². The molecule has 2 heterocycles. The summed E-state index contributed by atoms with van der Waals surface area (Å²) in [6, 6.07) is 19.9. The molecule has 0 saturated carbocycles. The maximum absolute atomic E-state index is 12.7. The zero-order chi connectivity index (χ0) is 18.8. The summed E-state index contributed by atoms with van der Waals surface area (Å²) >= 11 is 0. The van der Waals surface area contributed by atoms with Gasteiger partial charge in [-0.25, -0.2) is 9.98 Å². The van der Waals surface area contributed by atoms with E-state index in [-0.39, 0.29) is 5.78 Å². The molecule has 0 bridgehead atoms. The number of pyridine rings is 1. The van der Waals surface area contributed by atoms with E-state index in [2.05, 4.69) is 22.1 Å². The topological polar surface area (TPSA) is 45.6 Å². The number of hydrogen-bond donors (Lipinski definition) is 0. The summed E-state index contributed by atoms with van der Waals surface area (Å²) in [6.45, 7) is 0. The summed E-state index contributed by atoms with van der Waals surface area (Å²) in [5.74, 6) is 0.920. The molecule has 27 heavy (non-hydrogen) atoms. The Morgan fingerprint density at radius 1 is 1.04 bits per heavy atom. The number of ketones is 1. The predicted octanol–water partition coefficient (Wildman–Crippen LogP) is 4.25. The van der Waals surface area contributed by atoms with Gasteiger partial charge in [0.1, 0.15) is 0 Å². The van der Waals surface area contributed by atoms with E-state index >= 15 is 0 Å². The molecular weight excluding hydrogens is 334 g/mol. The Balaban J connectivity index is 1.54. The van der Waals surface area contributed by atoms with Gasteiger partial charge in [-0.05, 0) is 35.4 Å². The Kier molecular flexibility index (Phi) is 4.55. The quantitative estimate of drug-likeness (QED) is 0.643. The van der Waals surface area contributed by atoms with E-state index in [0.29, 0.717) is 6.42 Å². The van der Waals surface area contributed by atoms with E-state index in [1.165, 1.54) is 0 Å². The number of hydrogen-bond acceptors (Lipinski definition) is 4. The van der Waals surface area contributed by atoms with Crippen molar-refractivity contribution >= 4 is 23.0 Å². The first-order chi connectivity index (χ1) is 13.1. The molecular formula is C23H21N3O. The molecule has 4 nitrogen and oxygen atoms in total. The highest BCUT2D eigenvalue weighted by Gasteiger charge is 2.17. The Bertz CT molecular complexity index is 1040. The minimum absolute atomic E-state index is 0.120. The lowest BCUT2D eigenvalue weighted by atomic mass is 9.98. The van der Waals surface area contributed by atoms with Gasteiger partial charge in [-0.3, -0.25) is 4.79 Å². The van der Waals surface area contributed by atoms with Crippen LogP contribution in [0.5, 0.6) is 0 Å². The molecule has 0 spiro atoms. The second-order valence-corrected chi connectivity index (χ2v) is 6.97. The van der Waals surface area contributed by atoms with Crippen LogP contribution in [0.15, 0.2) is 71.9 Å². The van der Waals surface area contributed by atoms with Crippen LogP contribution in [0, 0.1) is 0 Å². The van der Waals surface area contributed by atoms with Crippen LogP contribution < -0.4 is 4.90 Å². The van der Waals surface area contributed by atoms with Gasteiger partial charge in [0.2, 0.25) is 0 Å². The lowest BCUT2D eigenvalue weighted by molar-refractivity contribution is 0.0993. The van der Waals surface area contributed by atoms with Crippen LogP contribution in [0.25, 0.3) is 0 Å². The molecule has 4 rings (SSSR count). The van der Waals surface area contributed by atoms with Crippen LogP contribution in [0.3, 0.4) is 0 Å². The van der Waals surface area contributed by atoms with Crippen LogP contribution in [0.1, 0.15) is 27.0 Å². The highest BCUT2D eigenvalue weighted by molar-refractivity contribution is 6.06. The Morgan fingerprint density at radius 2 is 1.89 bits per heavy atom. The number of rotatable bonds is 5. The number of Topliss-reactive ketones (excluding diaryl/α,β-unsaturated/α-hetero) is 1. The maximum atomic E-state index is 12.7. The molecule has 1 aromatic heterocycles. The largest absolute Gasteiger partial charge is 0.378 e. The van der Waals surface area contributed by atoms with Crippen LogP contribution in [-0.4, -0.2) is 30.6 Å². The number of nitrogens with zero attached hydrogens (tertiary/aromatic N) is 3. The highest BCUT2D eigenvalue weighted by Crippen LogP contribution is 2.26. The minimum Gasteiger partial charge on any atom is -0.378 e. The van der Waals surface area contributed by atoms with Crippen molar-refractivity contribution in [2.24, 2.45) is 4.99 Å². The number of carbonyl (C=O) groups is 1. The molecule has 0 saturated heterocycles. The lowest BCUT2D eigenvalue weighted by Gasteiger charge is -2.13. The molecule has 0 atom stereocenters. The first-order valence-corrected chi connectivity index (χ1v) is 9.01. The third-order valence-electron chi connectivity index (χ3n) is 4.78. The van der Waals surface area contributed by atoms with Crippen LogP contribution in [0.2, 0.25) is 0 Å². The van der Waals surface area contributed by atoms with Gasteiger partial charge in [0.15, 0.2) is 11.6 Å². The van der Waals surface area contributed by atoms with Gasteiger partial charge in [0.05, 0.1) is 5.71 Å². The first-order valence-electron chi connectivity index (χ1n) is 9.01. The molecule has 0 amide bonds. The zero-order valence-electron chi connectivity index (χ0n) is 15.5. The number of aromatic nitrogens is 1. The SMILES string of the molecule is CN(C)c1cccc(C(=O)Cc2cccc(C3=Nc4ncccc4C3)c2)c1. The fourth-order valence-corrected chi connectivity index (χ4v) is 3.29. The van der Waals surface area contributed by atoms with E-state index in [1.807, 2.05) is 67.5 Å². The Labute approximate surface area is 159 Å². The third-order valence-corrected chi connectivity index (χ3v) is 4.78. The number of carbonyl (C=O) groups excluding carboxylic acids is 1. The molecule has 2 aromatic carbocycles. The molecule has 0 aliphatic carbocycles. The standard InChI is InChI=1S/C23H21N3O/c1-26(2)20-10-4-8-18(14-20)22(27)13-16-6-3-7-17(12-16)21-15-19-9-5-11-24-23(19)25-21/h3-12,14H,13,15H2,1-2H3. The number of anilines is 1. The van der Waals surface area contributed by atoms with Gasteiger partial charge in [-0.1, -0.05) is 36.4 Å². The summed E-state index contributed by atoms with van der Waals surface area (Å²) in [7, 11) is 3.95. The van der Waals surface area contributed by atoms with Gasteiger partial charge in [0, 0.05) is 49.9 Å². The fourth-order valence-electron chi connectivity index (χ4n) is 3.29. The second kappa shape index (κ2) is 7.16. The number of benzene rings is 2. The summed E-state index contributed by atoms with van der Waals surface area (Å²) in [6.07, 6.45) is 2.93. The highest BCUT2D eigenvalue weighted by atomic mass is 16.1. The van der Waals surface area contributed by atoms with Crippen LogP contribution in [0.4, 0.5) is 11.5 Å². The molecule has 3 aromatic rings. The Morgan fingerprint density at radius 3 is 2.70 bits per heavy atom. The van der Waals surface area contributed by atoms with Crippen molar-refractivity contribution < 1.29 is 4.79 Å². The van der Waals surface area contributed by atoms with Gasteiger partial charge in [-0.15, -0.1) is 0 Å². The summed E-state index contributed by atoms with van der Waals surface area (Å²) in [4.78, 5) is 23.7. The molecule has 0 unspecified atom stereocenters. The fraction of sp³-hybridized carbons (Fsp3) is 0.174. The van der Waals surface area contributed by atoms with Crippen molar-refractivity contribution in [3.05, 3.63) is 89.1 Å². The van der Waals surface area contributed by atoms with Crippen molar-refractivity contribution in [2.45, 2.75) is 12.8 Å². The normalized spacial score (nSPS) is 12.4. The number of fused-ring (bicyclic) bond motifs is 1. The first kappa shape index (κ1) is 17.2. The maximum Gasteiger partial charge on any atom is 0.167 e. The lowest BCUT2D eigenvalue weighted by Crippen LogP contribution is -2.10. The van der Waals surface area contributed by atoms with Crippen molar-refractivity contribution in [2.75, 3.05) is 19.0 Å². The average molecular weight is 355 g/mol. The Hall–Kier alpha value is -3.27. The summed E-state index contributed by atoms with van der Waals surface area (Å²) in [5, 5.41) is 0. The van der Waals surface area contributed by atoms with Gasteiger partial charge >= 0.3 is 0 Å². The van der Waals surface area contributed by atoms with E-state index in [9.17, 15) is 4.79 Å². The third kappa shape index (κ3) is 3.65. The van der Waals surface area contributed by atoms with E-state index in [4.69, 9.17) is 0 Å². The van der Waals surface area contributed by atoms with Crippen molar-refractivity contribution in [1.82, 2.24) is 4.98 Å². The zero-order valence-corrected chi connectivity index (χ0v) is 15.5. The summed E-state index contributed by atoms with van der Waals surface area (Å²) < 4.78 is 0. The number of aliphatic imine (C=N–C) groups is 1. The molecule has 1 aliphatic heterocycles. The second-order valence-electron chi connectivity index (χ2n) is 6.97. The van der Waals surface area contributed by atoms with Crippen LogP contribution >= 0.6 is 0 Å². The minimum atomic E-state index is 0.120. The molecule has 4 heteroatoms. The van der Waals surface area contributed by atoms with Gasteiger partial charge < -0.3 is 4.90 Å². The average Bonchev–Trinajstić information content (AvgIpc) is 3.12. The summed E-state index contributed by atoms with van der Waals surface area (Å²) in [5.41, 5.74) is 5.98. The van der Waals surface area contributed by atoms with E-state index < -0.39 is 0 Å². The van der Waals surface area contributed by atoms with Gasteiger partial charge in [-0.2, -0.15) is 0 Å². The van der Waals surface area contributed by atoms with Crippen molar-refractivity contribution in [3.8, 4) is 0 Å².